The van der Waals surface area contributed by atoms with Crippen molar-refractivity contribution >= 4 is 0 Å². The third-order valence-electron chi connectivity index (χ3n) is 4.38. The Kier molecular flexibility index (Phi) is 6.46. The number of hydrogen-bond donors (Lipinski definition) is 1. The molecule has 0 aromatic carbocycles. The molecule has 1 N–H and O–H groups in total. The fraction of sp³-hybridized carbons (Fsp3) is 1.00. The molecule has 2 aliphatic rings. The summed E-state index contributed by atoms with van der Waals surface area (Å²) in [7, 11) is 0. The van der Waals surface area contributed by atoms with Crippen LogP contribution < -0.4 is 5.32 Å². The van der Waals surface area contributed by atoms with E-state index in [9.17, 15) is 0 Å². The fourth-order valence-corrected chi connectivity index (χ4v) is 3.25. The molecular weight excluding hydrogens is 226 g/mol. The monoisotopic (exact) mass is 255 g/mol. The van der Waals surface area contributed by atoms with E-state index < -0.39 is 0 Å². The van der Waals surface area contributed by atoms with Gasteiger partial charge in [-0.3, -0.25) is 0 Å². The lowest BCUT2D eigenvalue weighted by atomic mass is 10.0. The molecule has 0 amide bonds. The van der Waals surface area contributed by atoms with Gasteiger partial charge in [0.05, 0.1) is 12.7 Å². The minimum absolute atomic E-state index is 0.372. The summed E-state index contributed by atoms with van der Waals surface area (Å²) in [6, 6.07) is 0.771. The molecule has 3 unspecified atom stereocenters. The van der Waals surface area contributed by atoms with E-state index in [1.165, 1.54) is 38.5 Å². The Labute approximate surface area is 112 Å². The molecule has 0 spiro atoms. The third-order valence-corrected chi connectivity index (χ3v) is 4.38. The van der Waals surface area contributed by atoms with Crippen LogP contribution in [-0.4, -0.2) is 38.5 Å². The number of ether oxygens (including phenoxy) is 2. The van der Waals surface area contributed by atoms with Gasteiger partial charge in [0.2, 0.25) is 0 Å². The molecule has 3 nitrogen and oxygen atoms in total. The maximum absolute atomic E-state index is 5.67. The van der Waals surface area contributed by atoms with Crippen LogP contribution in [0, 0.1) is 5.92 Å². The lowest BCUT2D eigenvalue weighted by molar-refractivity contribution is 0.0165. The molecule has 0 radical (unpaired) electrons. The zero-order valence-electron chi connectivity index (χ0n) is 11.8. The lowest BCUT2D eigenvalue weighted by Crippen LogP contribution is -2.33. The summed E-state index contributed by atoms with van der Waals surface area (Å²) >= 11 is 0. The predicted octanol–water partition coefficient (Wildman–Crippen LogP) is 2.74. The van der Waals surface area contributed by atoms with E-state index in [1.54, 1.807) is 0 Å². The Morgan fingerprint density at radius 3 is 2.94 bits per heavy atom. The van der Waals surface area contributed by atoms with Crippen LogP contribution in [0.4, 0.5) is 0 Å². The van der Waals surface area contributed by atoms with Gasteiger partial charge in [-0.25, -0.2) is 0 Å². The van der Waals surface area contributed by atoms with Crippen LogP contribution in [-0.2, 0) is 9.47 Å². The van der Waals surface area contributed by atoms with E-state index in [0.717, 1.165) is 44.7 Å². The van der Waals surface area contributed by atoms with Gasteiger partial charge in [0.25, 0.3) is 0 Å². The van der Waals surface area contributed by atoms with Crippen molar-refractivity contribution < 1.29 is 9.47 Å². The van der Waals surface area contributed by atoms with E-state index in [1.807, 2.05) is 0 Å². The van der Waals surface area contributed by atoms with Crippen molar-refractivity contribution in [2.24, 2.45) is 5.92 Å². The highest BCUT2D eigenvalue weighted by Crippen LogP contribution is 2.27. The summed E-state index contributed by atoms with van der Waals surface area (Å²) in [4.78, 5) is 0. The van der Waals surface area contributed by atoms with E-state index in [0.29, 0.717) is 6.10 Å². The molecule has 1 aliphatic carbocycles. The van der Waals surface area contributed by atoms with Crippen molar-refractivity contribution in [2.75, 3.05) is 26.4 Å². The molecule has 106 valence electrons. The van der Waals surface area contributed by atoms with Gasteiger partial charge in [-0.2, -0.15) is 0 Å². The SMILES string of the molecule is CCC1CCCC1NCCCOCC1CCCO1. The molecule has 3 heteroatoms. The first-order chi connectivity index (χ1) is 8.90. The van der Waals surface area contributed by atoms with E-state index in [2.05, 4.69) is 12.2 Å². The molecule has 3 atom stereocenters. The number of hydrogen-bond acceptors (Lipinski definition) is 3. The van der Waals surface area contributed by atoms with Gasteiger partial charge in [-0.1, -0.05) is 19.8 Å². The Morgan fingerprint density at radius 1 is 1.22 bits per heavy atom. The van der Waals surface area contributed by atoms with Crippen LogP contribution in [0.25, 0.3) is 0 Å². The molecular formula is C15H29NO2. The van der Waals surface area contributed by atoms with Gasteiger partial charge in [0, 0.05) is 19.3 Å². The lowest BCUT2D eigenvalue weighted by Gasteiger charge is -2.19. The van der Waals surface area contributed by atoms with Crippen molar-refractivity contribution in [3.8, 4) is 0 Å². The first-order valence-electron chi connectivity index (χ1n) is 7.83. The minimum atomic E-state index is 0.372. The highest BCUT2D eigenvalue weighted by Gasteiger charge is 2.24. The summed E-state index contributed by atoms with van der Waals surface area (Å²) in [6.45, 7) is 6.01. The van der Waals surface area contributed by atoms with Crippen LogP contribution in [0.3, 0.4) is 0 Å². The molecule has 0 bridgehead atoms. The average molecular weight is 255 g/mol. The molecule has 18 heavy (non-hydrogen) atoms. The normalized spacial score (nSPS) is 32.2. The van der Waals surface area contributed by atoms with Gasteiger partial charge < -0.3 is 14.8 Å². The van der Waals surface area contributed by atoms with Crippen molar-refractivity contribution in [3.63, 3.8) is 0 Å². The fourth-order valence-electron chi connectivity index (χ4n) is 3.25. The first-order valence-corrected chi connectivity index (χ1v) is 7.83. The zero-order valence-corrected chi connectivity index (χ0v) is 11.8. The molecule has 1 aliphatic heterocycles. The summed E-state index contributed by atoms with van der Waals surface area (Å²) in [5.74, 6) is 0.915. The van der Waals surface area contributed by atoms with E-state index in [4.69, 9.17) is 9.47 Å². The van der Waals surface area contributed by atoms with Crippen LogP contribution in [0.1, 0.15) is 51.9 Å². The third kappa shape index (κ3) is 4.52. The maximum Gasteiger partial charge on any atom is 0.0809 e. The average Bonchev–Trinajstić information content (AvgIpc) is 3.04. The van der Waals surface area contributed by atoms with E-state index in [-0.39, 0.29) is 0 Å². The summed E-state index contributed by atoms with van der Waals surface area (Å²) in [5.41, 5.74) is 0. The smallest absolute Gasteiger partial charge is 0.0809 e. The molecule has 1 saturated carbocycles. The van der Waals surface area contributed by atoms with Gasteiger partial charge >= 0.3 is 0 Å². The summed E-state index contributed by atoms with van der Waals surface area (Å²) < 4.78 is 11.2. The van der Waals surface area contributed by atoms with Crippen molar-refractivity contribution in [1.29, 1.82) is 0 Å². The Bertz CT molecular complexity index is 217. The summed E-state index contributed by atoms with van der Waals surface area (Å²) in [5, 5.41) is 3.70. The first kappa shape index (κ1) is 14.3. The van der Waals surface area contributed by atoms with E-state index >= 15 is 0 Å². The molecule has 2 rings (SSSR count). The highest BCUT2D eigenvalue weighted by atomic mass is 16.5. The summed E-state index contributed by atoms with van der Waals surface area (Å²) in [6.07, 6.45) is 9.41. The van der Waals surface area contributed by atoms with Crippen molar-refractivity contribution in [3.05, 3.63) is 0 Å². The Hall–Kier alpha value is -0.120. The quantitative estimate of drug-likeness (QED) is 0.677. The second-order valence-electron chi connectivity index (χ2n) is 5.72. The van der Waals surface area contributed by atoms with Gasteiger partial charge in [-0.05, 0) is 44.6 Å². The highest BCUT2D eigenvalue weighted by molar-refractivity contribution is 4.81. The van der Waals surface area contributed by atoms with Crippen molar-refractivity contribution in [1.82, 2.24) is 5.32 Å². The van der Waals surface area contributed by atoms with Crippen LogP contribution >= 0.6 is 0 Å². The Balaban J connectivity index is 1.43. The number of nitrogens with one attached hydrogen (secondary N) is 1. The predicted molar refractivity (Wildman–Crippen MR) is 73.8 cm³/mol. The van der Waals surface area contributed by atoms with Gasteiger partial charge in [-0.15, -0.1) is 0 Å². The molecule has 1 heterocycles. The minimum Gasteiger partial charge on any atom is -0.379 e. The largest absolute Gasteiger partial charge is 0.379 e. The zero-order chi connectivity index (χ0) is 12.6. The van der Waals surface area contributed by atoms with Crippen molar-refractivity contribution in [2.45, 2.75) is 64.0 Å². The van der Waals surface area contributed by atoms with Crippen LogP contribution in [0.5, 0.6) is 0 Å². The molecule has 0 aromatic rings. The molecule has 0 aromatic heterocycles. The standard InChI is InChI=1S/C15H29NO2/c1-2-13-6-3-8-15(13)16-9-5-10-17-12-14-7-4-11-18-14/h13-16H,2-12H2,1H3. The molecule has 2 fully saturated rings. The number of rotatable bonds is 8. The second-order valence-corrected chi connectivity index (χ2v) is 5.72. The van der Waals surface area contributed by atoms with Crippen LogP contribution in [0.15, 0.2) is 0 Å². The topological polar surface area (TPSA) is 30.5 Å². The maximum atomic E-state index is 5.67. The Morgan fingerprint density at radius 2 is 2.17 bits per heavy atom. The molecule has 1 saturated heterocycles. The van der Waals surface area contributed by atoms with Crippen LogP contribution in [0.2, 0.25) is 0 Å². The van der Waals surface area contributed by atoms with Gasteiger partial charge in [0.1, 0.15) is 0 Å². The second kappa shape index (κ2) is 8.13. The van der Waals surface area contributed by atoms with Gasteiger partial charge in [0.15, 0.2) is 0 Å².